The van der Waals surface area contributed by atoms with Crippen LogP contribution in [0.15, 0.2) is 60.7 Å². The van der Waals surface area contributed by atoms with Gasteiger partial charge in [-0.25, -0.2) is 13.6 Å². The SMILES string of the molecule is COc1cccc(C=O)c1N(C)C(=O)N(C)c1c(F)cc(C#Cc2ccccc2)cc1F. The second kappa shape index (κ2) is 9.75. The van der Waals surface area contributed by atoms with Gasteiger partial charge in [0.1, 0.15) is 11.4 Å². The number of aldehydes is 1. The maximum absolute atomic E-state index is 14.8. The topological polar surface area (TPSA) is 49.9 Å². The highest BCUT2D eigenvalue weighted by molar-refractivity contribution is 6.06. The number of methoxy groups -OCH3 is 1. The molecule has 0 aromatic heterocycles. The lowest BCUT2D eigenvalue weighted by atomic mass is 10.1. The van der Waals surface area contributed by atoms with Gasteiger partial charge in [0.05, 0.1) is 12.8 Å². The molecule has 0 radical (unpaired) electrons. The van der Waals surface area contributed by atoms with Crippen molar-refractivity contribution in [3.63, 3.8) is 0 Å². The fourth-order valence-electron chi connectivity index (χ4n) is 3.20. The van der Waals surface area contributed by atoms with Crippen LogP contribution in [0.3, 0.4) is 0 Å². The van der Waals surface area contributed by atoms with Crippen molar-refractivity contribution in [3.8, 4) is 17.6 Å². The molecule has 3 aromatic carbocycles. The zero-order valence-corrected chi connectivity index (χ0v) is 17.7. The first-order chi connectivity index (χ1) is 15.4. The van der Waals surface area contributed by atoms with E-state index in [0.29, 0.717) is 11.8 Å². The van der Waals surface area contributed by atoms with Crippen LogP contribution in [0.1, 0.15) is 21.5 Å². The van der Waals surface area contributed by atoms with Crippen LogP contribution in [0.4, 0.5) is 25.0 Å². The van der Waals surface area contributed by atoms with Gasteiger partial charge in [-0.15, -0.1) is 0 Å². The molecule has 3 aromatic rings. The third kappa shape index (κ3) is 4.60. The number of nitrogens with zero attached hydrogens (tertiary/aromatic N) is 2. The number of rotatable bonds is 4. The van der Waals surface area contributed by atoms with Crippen LogP contribution >= 0.6 is 0 Å². The van der Waals surface area contributed by atoms with Gasteiger partial charge in [0.2, 0.25) is 0 Å². The van der Waals surface area contributed by atoms with Crippen LogP contribution in [0.2, 0.25) is 0 Å². The Kier molecular flexibility index (Phi) is 6.86. The minimum Gasteiger partial charge on any atom is -0.495 e. The first-order valence-electron chi connectivity index (χ1n) is 9.57. The minimum atomic E-state index is -0.942. The molecule has 0 aliphatic carbocycles. The Morgan fingerprint density at radius 3 is 2.06 bits per heavy atom. The standard InChI is InChI=1S/C25H20F2N2O3/c1-28(23-19(16-30)10-7-11-22(23)32-3)25(31)29(2)24-20(26)14-18(15-21(24)27)13-12-17-8-5-4-6-9-17/h4-11,14-16H,1-3H3. The number of hydrogen-bond acceptors (Lipinski definition) is 3. The molecule has 0 unspecified atom stereocenters. The fraction of sp³-hybridized carbons (Fsp3) is 0.120. The van der Waals surface area contributed by atoms with Gasteiger partial charge in [-0.3, -0.25) is 14.6 Å². The number of halogens is 2. The number of para-hydroxylation sites is 1. The predicted octanol–water partition coefficient (Wildman–Crippen LogP) is 4.88. The van der Waals surface area contributed by atoms with Crippen molar-refractivity contribution >= 4 is 23.7 Å². The molecule has 0 spiro atoms. The van der Waals surface area contributed by atoms with E-state index in [4.69, 9.17) is 4.74 Å². The van der Waals surface area contributed by atoms with Crippen molar-refractivity contribution < 1.29 is 23.1 Å². The molecule has 0 N–H and O–H groups in total. The first-order valence-corrected chi connectivity index (χ1v) is 9.57. The number of anilines is 2. The van der Waals surface area contributed by atoms with E-state index in [1.54, 1.807) is 24.3 Å². The highest BCUT2D eigenvalue weighted by Crippen LogP contribution is 2.32. The van der Waals surface area contributed by atoms with Crippen molar-refractivity contribution in [3.05, 3.63) is 89.0 Å². The Balaban J connectivity index is 1.93. The summed E-state index contributed by atoms with van der Waals surface area (Å²) < 4.78 is 34.8. The summed E-state index contributed by atoms with van der Waals surface area (Å²) in [4.78, 5) is 26.4. The van der Waals surface area contributed by atoms with Gasteiger partial charge in [0.15, 0.2) is 17.9 Å². The molecule has 0 aliphatic heterocycles. The molecule has 162 valence electrons. The smallest absolute Gasteiger partial charge is 0.328 e. The van der Waals surface area contributed by atoms with Crippen molar-refractivity contribution in [1.29, 1.82) is 0 Å². The molecule has 0 bridgehead atoms. The van der Waals surface area contributed by atoms with Crippen molar-refractivity contribution in [2.24, 2.45) is 0 Å². The number of carbonyl (C=O) groups is 2. The van der Waals surface area contributed by atoms with Gasteiger partial charge >= 0.3 is 6.03 Å². The van der Waals surface area contributed by atoms with E-state index in [9.17, 15) is 18.4 Å². The molecule has 0 fully saturated rings. The highest BCUT2D eigenvalue weighted by Gasteiger charge is 2.26. The Hall–Kier alpha value is -4.18. The summed E-state index contributed by atoms with van der Waals surface area (Å²) in [5.74, 6) is 3.94. The Labute approximate surface area is 184 Å². The van der Waals surface area contributed by atoms with Gasteiger partial charge in [-0.2, -0.15) is 0 Å². The number of ether oxygens (including phenoxy) is 1. The third-order valence-corrected chi connectivity index (χ3v) is 4.76. The highest BCUT2D eigenvalue weighted by atomic mass is 19.1. The molecule has 5 nitrogen and oxygen atoms in total. The number of amides is 2. The maximum Gasteiger partial charge on any atom is 0.328 e. The Morgan fingerprint density at radius 1 is 0.875 bits per heavy atom. The molecule has 3 rings (SSSR count). The minimum absolute atomic E-state index is 0.134. The summed E-state index contributed by atoms with van der Waals surface area (Å²) in [7, 11) is 4.02. The number of hydrogen-bond donors (Lipinski definition) is 0. The second-order valence-electron chi connectivity index (χ2n) is 6.82. The first kappa shape index (κ1) is 22.5. The van der Waals surface area contributed by atoms with Crippen LogP contribution in [0.25, 0.3) is 0 Å². The quantitative estimate of drug-likeness (QED) is 0.435. The van der Waals surface area contributed by atoms with E-state index in [0.717, 1.165) is 21.9 Å². The van der Waals surface area contributed by atoms with Crippen molar-refractivity contribution in [1.82, 2.24) is 0 Å². The van der Waals surface area contributed by atoms with Crippen LogP contribution < -0.4 is 14.5 Å². The molecular formula is C25H20F2N2O3. The lowest BCUT2D eigenvalue weighted by Crippen LogP contribution is -2.40. The van der Waals surface area contributed by atoms with E-state index in [2.05, 4.69) is 11.8 Å². The van der Waals surface area contributed by atoms with Gasteiger partial charge in [0.25, 0.3) is 0 Å². The zero-order valence-electron chi connectivity index (χ0n) is 17.7. The molecule has 0 saturated heterocycles. The number of urea groups is 1. The normalized spacial score (nSPS) is 10.0. The van der Waals surface area contributed by atoms with E-state index >= 15 is 0 Å². The molecule has 0 heterocycles. The second-order valence-corrected chi connectivity index (χ2v) is 6.82. The van der Waals surface area contributed by atoms with Crippen LogP contribution in [-0.4, -0.2) is 33.5 Å². The number of benzene rings is 3. The third-order valence-electron chi connectivity index (χ3n) is 4.76. The van der Waals surface area contributed by atoms with Crippen molar-refractivity contribution in [2.75, 3.05) is 31.0 Å². The lowest BCUT2D eigenvalue weighted by Gasteiger charge is -2.27. The van der Waals surface area contributed by atoms with E-state index in [-0.39, 0.29) is 22.6 Å². The van der Waals surface area contributed by atoms with Crippen LogP contribution in [0.5, 0.6) is 5.75 Å². The summed E-state index contributed by atoms with van der Waals surface area (Å²) in [6.45, 7) is 0. The van der Waals surface area contributed by atoms with Gasteiger partial charge in [0, 0.05) is 30.8 Å². The van der Waals surface area contributed by atoms with Gasteiger partial charge < -0.3 is 4.74 Å². The molecule has 0 saturated carbocycles. The van der Waals surface area contributed by atoms with Crippen LogP contribution in [-0.2, 0) is 0 Å². The molecule has 0 aliphatic rings. The fourth-order valence-corrected chi connectivity index (χ4v) is 3.20. The van der Waals surface area contributed by atoms with E-state index in [1.165, 1.54) is 27.3 Å². The summed E-state index contributed by atoms with van der Waals surface area (Å²) >= 11 is 0. The number of carbonyl (C=O) groups excluding carboxylic acids is 2. The average Bonchev–Trinajstić information content (AvgIpc) is 2.81. The Bertz CT molecular complexity index is 1190. The maximum atomic E-state index is 14.8. The largest absolute Gasteiger partial charge is 0.495 e. The predicted molar refractivity (Wildman–Crippen MR) is 119 cm³/mol. The van der Waals surface area contributed by atoms with E-state index in [1.807, 2.05) is 18.2 Å². The molecule has 7 heteroatoms. The average molecular weight is 434 g/mol. The molecule has 0 atom stereocenters. The molecule has 32 heavy (non-hydrogen) atoms. The van der Waals surface area contributed by atoms with Gasteiger partial charge in [-0.1, -0.05) is 36.1 Å². The Morgan fingerprint density at radius 2 is 1.47 bits per heavy atom. The lowest BCUT2D eigenvalue weighted by molar-refractivity contribution is 0.112. The summed E-state index contributed by atoms with van der Waals surface area (Å²) in [6, 6.07) is 15.1. The van der Waals surface area contributed by atoms with Crippen molar-refractivity contribution in [2.45, 2.75) is 0 Å². The molecule has 2 amide bonds. The van der Waals surface area contributed by atoms with Crippen LogP contribution in [0, 0.1) is 23.5 Å². The van der Waals surface area contributed by atoms with Gasteiger partial charge in [-0.05, 0) is 36.4 Å². The van der Waals surface area contributed by atoms with E-state index < -0.39 is 23.4 Å². The zero-order chi connectivity index (χ0) is 23.3. The summed E-state index contributed by atoms with van der Waals surface area (Å²) in [5, 5.41) is 0. The summed E-state index contributed by atoms with van der Waals surface area (Å²) in [6.07, 6.45) is 0.572. The molecular weight excluding hydrogens is 414 g/mol. The monoisotopic (exact) mass is 434 g/mol. The summed E-state index contributed by atoms with van der Waals surface area (Å²) in [5.41, 5.74) is 0.688.